The SMILES string of the molecule is CC(ON1C(C)(C)CC2(CC1(C)C)OCC1(CO2)COC2(CC(C)(C)N(OC(C)c3ccccc3)C(C)(C)C2)OC1)c1ccccc1.CC(ON1C(C)(C)CC2(CC1(C)C)OCCCOC1(CC(C)(C)N(OC(C)c3ccccc3)C(C)(C)C1)OCCO2)c1ccccc1.CC(ON1C(C)(C)CC2(CC1(C)C)OCCO2)c1ccccc1. The smallest absolute Gasteiger partial charge is 0.172 e. The molecule has 20 nitrogen and oxygen atoms in total. The number of hydrogen-bond acceptors (Lipinski definition) is 20. The Kier molecular flexibility index (Phi) is 27.2. The van der Waals surface area contributed by atoms with E-state index in [0.717, 1.165) is 41.5 Å². The Balaban J connectivity index is 0.000000171. The van der Waals surface area contributed by atoms with E-state index >= 15 is 0 Å². The van der Waals surface area contributed by atoms with Gasteiger partial charge in [0.05, 0.1) is 71.5 Å². The summed E-state index contributed by atoms with van der Waals surface area (Å²) in [6.07, 6.45) is 7.57. The maximum atomic E-state index is 6.78. The van der Waals surface area contributed by atoms with E-state index in [0.29, 0.717) is 117 Å². The second kappa shape index (κ2) is 34.8. The molecule has 5 unspecified atom stereocenters. The summed E-state index contributed by atoms with van der Waals surface area (Å²) in [6, 6.07) is 51.9. The maximum Gasteiger partial charge on any atom is 0.172 e. The van der Waals surface area contributed by atoms with Gasteiger partial charge in [-0.2, -0.15) is 25.3 Å². The molecule has 0 saturated carbocycles. The molecule has 0 radical (unpaired) electrons. The van der Waals surface area contributed by atoms with Crippen molar-refractivity contribution in [2.24, 2.45) is 5.41 Å². The van der Waals surface area contributed by atoms with Gasteiger partial charge in [0.2, 0.25) is 0 Å². The van der Waals surface area contributed by atoms with Crippen LogP contribution >= 0.6 is 0 Å². The molecule has 5 atom stereocenters. The highest BCUT2D eigenvalue weighted by Gasteiger charge is 2.64. The predicted molar refractivity (Wildman–Crippen MR) is 456 cm³/mol. The summed E-state index contributed by atoms with van der Waals surface area (Å²) in [6.45, 7) is 60.4. The molecular weight excluding hydrogens is 1480 g/mol. The second-order valence-electron chi connectivity index (χ2n) is 41.8. The Morgan fingerprint density at radius 2 is 0.359 bits per heavy atom. The van der Waals surface area contributed by atoms with E-state index in [4.69, 9.17) is 71.6 Å². The molecule has 0 aliphatic carbocycles. The van der Waals surface area contributed by atoms with E-state index < -0.39 is 28.9 Å². The van der Waals surface area contributed by atoms with Gasteiger partial charge in [-0.05, 0) is 207 Å². The zero-order valence-electron chi connectivity index (χ0n) is 76.0. The van der Waals surface area contributed by atoms with Crippen molar-refractivity contribution >= 4 is 0 Å². The minimum atomic E-state index is -0.757. The molecule has 9 aliphatic heterocycles. The molecule has 117 heavy (non-hydrogen) atoms. The van der Waals surface area contributed by atoms with Gasteiger partial charge in [0.25, 0.3) is 0 Å². The maximum absolute atomic E-state index is 6.78. The fraction of sp³-hybridized carbons (Fsp3) is 0.691. The van der Waals surface area contributed by atoms with Crippen molar-refractivity contribution in [2.75, 3.05) is 66.1 Å². The molecule has 0 N–H and O–H groups in total. The van der Waals surface area contributed by atoms with Gasteiger partial charge in [-0.25, -0.2) is 0 Å². The van der Waals surface area contributed by atoms with Crippen molar-refractivity contribution in [3.63, 3.8) is 0 Å². The van der Waals surface area contributed by atoms with Crippen LogP contribution in [0, 0.1) is 5.41 Å². The molecule has 9 saturated heterocycles. The van der Waals surface area contributed by atoms with E-state index in [1.165, 1.54) is 5.56 Å². The predicted octanol–water partition coefficient (Wildman–Crippen LogP) is 20.8. The van der Waals surface area contributed by atoms with Crippen LogP contribution in [0.2, 0.25) is 0 Å². The average molecular weight is 1620 g/mol. The molecule has 9 aliphatic rings. The molecule has 5 aromatic rings. The van der Waals surface area contributed by atoms with Gasteiger partial charge in [-0.1, -0.05) is 152 Å². The van der Waals surface area contributed by atoms with Crippen molar-refractivity contribution in [1.82, 2.24) is 25.3 Å². The summed E-state index contributed by atoms with van der Waals surface area (Å²) in [5.74, 6) is -3.35. The largest absolute Gasteiger partial charge is 0.350 e. The van der Waals surface area contributed by atoms with Gasteiger partial charge in [0, 0.05) is 120 Å². The van der Waals surface area contributed by atoms with E-state index in [1.54, 1.807) is 0 Å². The van der Waals surface area contributed by atoms with Gasteiger partial charge in [0.1, 0.15) is 30.5 Å². The van der Waals surface area contributed by atoms with Gasteiger partial charge in [-0.15, -0.1) is 0 Å². The summed E-state index contributed by atoms with van der Waals surface area (Å²) in [7, 11) is 0. The molecule has 14 rings (SSSR count). The lowest BCUT2D eigenvalue weighted by Crippen LogP contribution is -2.71. The van der Waals surface area contributed by atoms with Crippen LogP contribution < -0.4 is 0 Å². The highest BCUT2D eigenvalue weighted by molar-refractivity contribution is 5.22. The normalized spacial score (nSPS) is 27.7. The summed E-state index contributed by atoms with van der Waals surface area (Å²) in [5, 5.41) is 10.9. The fourth-order valence-corrected chi connectivity index (χ4v) is 22.0. The molecule has 5 aromatic carbocycles. The van der Waals surface area contributed by atoms with E-state index in [1.807, 2.05) is 30.3 Å². The van der Waals surface area contributed by atoms with Crippen LogP contribution in [0.1, 0.15) is 302 Å². The van der Waals surface area contributed by atoms with Crippen LogP contribution in [0.15, 0.2) is 152 Å². The summed E-state index contributed by atoms with van der Waals surface area (Å²) >= 11 is 0. The van der Waals surface area contributed by atoms with E-state index in [-0.39, 0.29) is 91.3 Å². The molecule has 9 heterocycles. The topological polar surface area (TPSA) is 155 Å². The second-order valence-corrected chi connectivity index (χ2v) is 41.8. The molecule has 6 spiro atoms. The Morgan fingerprint density at radius 3 is 0.521 bits per heavy atom. The molecule has 0 aromatic heterocycles. The molecule has 0 amide bonds. The zero-order chi connectivity index (χ0) is 84.8. The fourth-order valence-electron chi connectivity index (χ4n) is 22.0. The first kappa shape index (κ1) is 91.5. The van der Waals surface area contributed by atoms with Gasteiger partial charge in [0.15, 0.2) is 28.9 Å². The monoisotopic (exact) mass is 1620 g/mol. The number of rotatable bonds is 15. The van der Waals surface area contributed by atoms with Crippen molar-refractivity contribution in [3.05, 3.63) is 179 Å². The van der Waals surface area contributed by atoms with Crippen molar-refractivity contribution in [2.45, 2.75) is 359 Å². The Hall–Kier alpha value is -4.70. The highest BCUT2D eigenvalue weighted by atomic mass is 16.8. The van der Waals surface area contributed by atoms with Crippen LogP contribution in [0.5, 0.6) is 0 Å². The third-order valence-electron chi connectivity index (χ3n) is 25.4. The minimum absolute atomic E-state index is 0.00853. The molecule has 9 fully saturated rings. The van der Waals surface area contributed by atoms with Crippen LogP contribution in [0.4, 0.5) is 0 Å². The Bertz CT molecular complexity index is 3660. The van der Waals surface area contributed by atoms with Crippen molar-refractivity contribution in [3.8, 4) is 0 Å². The lowest BCUT2D eigenvalue weighted by molar-refractivity contribution is -0.423. The van der Waals surface area contributed by atoms with Crippen LogP contribution in [0.3, 0.4) is 0 Å². The highest BCUT2D eigenvalue weighted by Crippen LogP contribution is 2.56. The van der Waals surface area contributed by atoms with Crippen molar-refractivity contribution in [1.29, 1.82) is 0 Å². The quantitative estimate of drug-likeness (QED) is 0.0975. The van der Waals surface area contributed by atoms with Gasteiger partial charge >= 0.3 is 0 Å². The first-order chi connectivity index (χ1) is 54.6. The summed E-state index contributed by atoms with van der Waals surface area (Å²) < 4.78 is 66.0. The summed E-state index contributed by atoms with van der Waals surface area (Å²) in [4.78, 5) is 33.2. The molecule has 20 heteroatoms. The summed E-state index contributed by atoms with van der Waals surface area (Å²) in [5.41, 5.74) is 2.49. The van der Waals surface area contributed by atoms with Crippen LogP contribution in [-0.4, -0.2) is 176 Å². The number of nitrogens with zero attached hydrogens (tertiary/aromatic N) is 5. The first-order valence-corrected chi connectivity index (χ1v) is 43.6. The van der Waals surface area contributed by atoms with Gasteiger partial charge in [-0.3, -0.25) is 24.2 Å². The van der Waals surface area contributed by atoms with Crippen molar-refractivity contribution < 1.29 is 71.6 Å². The number of benzene rings is 5. The minimum Gasteiger partial charge on any atom is -0.350 e. The van der Waals surface area contributed by atoms with Gasteiger partial charge < -0.3 is 47.4 Å². The van der Waals surface area contributed by atoms with Crippen LogP contribution in [-0.2, 0) is 71.6 Å². The lowest BCUT2D eigenvalue weighted by atomic mass is 9.75. The third kappa shape index (κ3) is 21.1. The standard InChI is InChI=1S/C39H58N2O6.C39H60N2O6.C19H29NO3/c1-29(31-17-13-11-14-18-31)46-40-33(3,4)21-38(22-34(40,5)6)42-25-37(26-43-38)27-44-39(45-28-37)23-35(7,8)41(36(9,10)24-39)47-30(2)32-19-15-12-16-20-32;1-30(32-18-13-11-14-19-32)46-40-34(3,4)26-38(27-35(40,5)6)42-22-17-23-43-39(45-25-24-44-38)28-36(7,8)41(37(9,10)29-39)47-31(2)33-20-15-12-16-21-33;1-15(16-9-7-6-8-10-16)23-20-17(2,3)13-19(14-18(20,4)5)21-11-12-22-19/h11-20,29-30H,21-28H2,1-10H3;11-16,18-21,30-31H,17,22-29H2,1-10H3;6-10,15H,11-14H2,1-5H3. The number of piperidine rings is 5. The first-order valence-electron chi connectivity index (χ1n) is 43.6. The Labute approximate surface area is 702 Å². The average Bonchev–Trinajstić information content (AvgIpc) is 1.71. The zero-order valence-corrected chi connectivity index (χ0v) is 76.0. The van der Waals surface area contributed by atoms with E-state index in [9.17, 15) is 0 Å². The molecular formula is C97H147N5O15. The number of hydrogen-bond donors (Lipinski definition) is 0. The molecule has 0 bridgehead atoms. The number of ether oxygens (including phenoxy) is 10. The van der Waals surface area contributed by atoms with Crippen LogP contribution in [0.25, 0.3) is 0 Å². The molecule has 650 valence electrons. The number of hydroxylamine groups is 10. The lowest BCUT2D eigenvalue weighted by Gasteiger charge is -2.62. The third-order valence-corrected chi connectivity index (χ3v) is 25.4. The van der Waals surface area contributed by atoms with E-state index in [2.05, 4.69) is 320 Å². The Morgan fingerprint density at radius 1 is 0.214 bits per heavy atom.